The number of benzene rings is 1. The molecule has 3 heteroatoms. The fourth-order valence-electron chi connectivity index (χ4n) is 3.29. The molecule has 104 valence electrons. The van der Waals surface area contributed by atoms with Gasteiger partial charge in [-0.25, -0.2) is 0 Å². The van der Waals surface area contributed by atoms with Crippen molar-refractivity contribution in [1.82, 2.24) is 5.32 Å². The molecule has 1 fully saturated rings. The third-order valence-electron chi connectivity index (χ3n) is 4.40. The van der Waals surface area contributed by atoms with Crippen molar-refractivity contribution in [1.29, 1.82) is 0 Å². The molecule has 1 heterocycles. The lowest BCUT2D eigenvalue weighted by atomic mass is 9.83. The molecular formula is C16H22ClNO. The van der Waals surface area contributed by atoms with Crippen molar-refractivity contribution in [3.8, 4) is 0 Å². The molecule has 19 heavy (non-hydrogen) atoms. The van der Waals surface area contributed by atoms with E-state index < -0.39 is 5.60 Å². The maximum absolute atomic E-state index is 10.8. The molecule has 0 aromatic heterocycles. The zero-order chi connectivity index (χ0) is 12.4. The van der Waals surface area contributed by atoms with Crippen LogP contribution in [0.25, 0.3) is 0 Å². The van der Waals surface area contributed by atoms with Crippen molar-refractivity contribution >= 4 is 12.4 Å². The Labute approximate surface area is 121 Å². The molecule has 0 spiro atoms. The first kappa shape index (κ1) is 14.6. The van der Waals surface area contributed by atoms with Crippen LogP contribution in [0.1, 0.15) is 31.2 Å². The van der Waals surface area contributed by atoms with Crippen LogP contribution in [0.3, 0.4) is 0 Å². The van der Waals surface area contributed by atoms with Crippen LogP contribution in [0.4, 0.5) is 0 Å². The van der Waals surface area contributed by atoms with E-state index in [1.165, 1.54) is 12.8 Å². The molecule has 1 aromatic rings. The summed E-state index contributed by atoms with van der Waals surface area (Å²) in [4.78, 5) is 0. The van der Waals surface area contributed by atoms with Crippen molar-refractivity contribution in [2.24, 2.45) is 5.92 Å². The van der Waals surface area contributed by atoms with E-state index in [1.54, 1.807) is 0 Å². The molecule has 0 amide bonds. The van der Waals surface area contributed by atoms with Gasteiger partial charge in [0.05, 0.1) is 0 Å². The van der Waals surface area contributed by atoms with Gasteiger partial charge >= 0.3 is 0 Å². The molecule has 3 atom stereocenters. The molecule has 0 saturated carbocycles. The molecule has 1 aliphatic carbocycles. The molecule has 3 rings (SSSR count). The van der Waals surface area contributed by atoms with Gasteiger partial charge in [-0.05, 0) is 37.2 Å². The topological polar surface area (TPSA) is 32.3 Å². The third-order valence-corrected chi connectivity index (χ3v) is 4.40. The molecule has 3 unspecified atom stereocenters. The smallest absolute Gasteiger partial charge is 0.103 e. The van der Waals surface area contributed by atoms with Gasteiger partial charge in [0.25, 0.3) is 0 Å². The fraction of sp³-hybridized carbons (Fsp3) is 0.500. The minimum absolute atomic E-state index is 0. The number of allylic oxidation sites excluding steroid dienone is 2. The van der Waals surface area contributed by atoms with E-state index in [1.807, 2.05) is 30.3 Å². The number of halogens is 1. The summed E-state index contributed by atoms with van der Waals surface area (Å²) in [6, 6.07) is 10.5. The largest absolute Gasteiger partial charge is 0.384 e. The summed E-state index contributed by atoms with van der Waals surface area (Å²) in [5.41, 5.74) is 0.374. The maximum atomic E-state index is 10.8. The first-order valence-corrected chi connectivity index (χ1v) is 6.94. The van der Waals surface area contributed by atoms with E-state index in [2.05, 4.69) is 17.5 Å². The Morgan fingerprint density at radius 1 is 1.16 bits per heavy atom. The van der Waals surface area contributed by atoms with Crippen molar-refractivity contribution < 1.29 is 5.11 Å². The van der Waals surface area contributed by atoms with Gasteiger partial charge in [0.1, 0.15) is 5.60 Å². The third kappa shape index (κ3) is 3.02. The zero-order valence-electron chi connectivity index (χ0n) is 11.1. The Kier molecular flexibility index (Phi) is 4.67. The van der Waals surface area contributed by atoms with Crippen molar-refractivity contribution in [3.05, 3.63) is 48.0 Å². The summed E-state index contributed by atoms with van der Waals surface area (Å²) in [6.45, 7) is 0.682. The second-order valence-electron chi connectivity index (χ2n) is 5.63. The van der Waals surface area contributed by atoms with Gasteiger partial charge < -0.3 is 10.4 Å². The average molecular weight is 280 g/mol. The summed E-state index contributed by atoms with van der Waals surface area (Å²) in [7, 11) is 0. The molecule has 1 aromatic carbocycles. The summed E-state index contributed by atoms with van der Waals surface area (Å²) in [5, 5.41) is 14.3. The molecule has 0 radical (unpaired) electrons. The van der Waals surface area contributed by atoms with Gasteiger partial charge in [0.15, 0.2) is 0 Å². The lowest BCUT2D eigenvalue weighted by molar-refractivity contribution is 0.0536. The van der Waals surface area contributed by atoms with Crippen molar-refractivity contribution in [2.45, 2.75) is 37.3 Å². The lowest BCUT2D eigenvalue weighted by Crippen LogP contribution is -2.30. The molecule has 2 aliphatic rings. The van der Waals surface area contributed by atoms with E-state index in [4.69, 9.17) is 0 Å². The van der Waals surface area contributed by atoms with Crippen LogP contribution in [0.15, 0.2) is 42.5 Å². The Hall–Kier alpha value is -0.830. The van der Waals surface area contributed by atoms with Crippen LogP contribution >= 0.6 is 12.4 Å². The Balaban J connectivity index is 0.00000133. The SMILES string of the molecule is Cl.OC1(c2ccccc2)CNC(C2CC=CCC2)C1. The number of rotatable bonds is 2. The van der Waals surface area contributed by atoms with E-state index in [-0.39, 0.29) is 12.4 Å². The monoisotopic (exact) mass is 279 g/mol. The van der Waals surface area contributed by atoms with E-state index in [0.717, 1.165) is 18.4 Å². The first-order chi connectivity index (χ1) is 8.78. The normalized spacial score (nSPS) is 33.9. The van der Waals surface area contributed by atoms with E-state index >= 15 is 0 Å². The van der Waals surface area contributed by atoms with Crippen LogP contribution in [0.2, 0.25) is 0 Å². The number of hydrogen-bond acceptors (Lipinski definition) is 2. The molecule has 1 aliphatic heterocycles. The van der Waals surface area contributed by atoms with Crippen molar-refractivity contribution in [2.75, 3.05) is 6.54 Å². The highest BCUT2D eigenvalue weighted by Crippen LogP contribution is 2.36. The summed E-state index contributed by atoms with van der Waals surface area (Å²) in [5.74, 6) is 0.688. The van der Waals surface area contributed by atoms with Crippen molar-refractivity contribution in [3.63, 3.8) is 0 Å². The van der Waals surface area contributed by atoms with Gasteiger partial charge in [-0.3, -0.25) is 0 Å². The highest BCUT2D eigenvalue weighted by Gasteiger charge is 2.41. The average Bonchev–Trinajstić information content (AvgIpc) is 2.85. The van der Waals surface area contributed by atoms with Gasteiger partial charge in [-0.15, -0.1) is 12.4 Å². The van der Waals surface area contributed by atoms with Crippen LogP contribution in [0, 0.1) is 5.92 Å². The Bertz CT molecular complexity index is 434. The van der Waals surface area contributed by atoms with Crippen LogP contribution in [0.5, 0.6) is 0 Å². The van der Waals surface area contributed by atoms with Gasteiger partial charge in [0, 0.05) is 12.6 Å². The highest BCUT2D eigenvalue weighted by atomic mass is 35.5. The molecule has 2 N–H and O–H groups in total. The lowest BCUT2D eigenvalue weighted by Gasteiger charge is -2.26. The second kappa shape index (κ2) is 6.08. The molecule has 1 saturated heterocycles. The predicted octanol–water partition coefficient (Wildman–Crippen LogP) is 3.01. The maximum Gasteiger partial charge on any atom is 0.103 e. The van der Waals surface area contributed by atoms with Crippen LogP contribution < -0.4 is 5.32 Å². The summed E-state index contributed by atoms with van der Waals surface area (Å²) >= 11 is 0. The summed E-state index contributed by atoms with van der Waals surface area (Å²) in [6.07, 6.45) is 8.99. The number of nitrogens with one attached hydrogen (secondary N) is 1. The minimum Gasteiger partial charge on any atom is -0.384 e. The predicted molar refractivity (Wildman–Crippen MR) is 80.5 cm³/mol. The highest BCUT2D eigenvalue weighted by molar-refractivity contribution is 5.85. The molecule has 2 nitrogen and oxygen atoms in total. The minimum atomic E-state index is -0.674. The standard InChI is InChI=1S/C16H21NO.ClH/c18-16(14-9-5-2-6-10-14)11-15(17-12-16)13-7-3-1-4-8-13;/h1-3,5-6,9-10,13,15,17-18H,4,7-8,11-12H2;1H. The fourth-order valence-corrected chi connectivity index (χ4v) is 3.29. The zero-order valence-corrected chi connectivity index (χ0v) is 11.9. The number of β-amino-alcohol motifs (C(OH)–C–C–N with tert-alkyl or cyclic N) is 1. The Morgan fingerprint density at radius 3 is 2.63 bits per heavy atom. The van der Waals surface area contributed by atoms with E-state index in [0.29, 0.717) is 18.5 Å². The van der Waals surface area contributed by atoms with E-state index in [9.17, 15) is 5.11 Å². The van der Waals surface area contributed by atoms with Crippen LogP contribution in [-0.4, -0.2) is 17.7 Å². The van der Waals surface area contributed by atoms with Crippen LogP contribution in [-0.2, 0) is 5.60 Å². The van der Waals surface area contributed by atoms with Gasteiger partial charge in [-0.1, -0.05) is 42.5 Å². The molecule has 0 bridgehead atoms. The molecular weight excluding hydrogens is 258 g/mol. The Morgan fingerprint density at radius 2 is 1.95 bits per heavy atom. The van der Waals surface area contributed by atoms with Gasteiger partial charge in [0.2, 0.25) is 0 Å². The first-order valence-electron chi connectivity index (χ1n) is 6.94. The number of hydrogen-bond donors (Lipinski definition) is 2. The number of aliphatic hydroxyl groups is 1. The van der Waals surface area contributed by atoms with Gasteiger partial charge in [-0.2, -0.15) is 0 Å². The summed E-state index contributed by atoms with van der Waals surface area (Å²) < 4.78 is 0. The quantitative estimate of drug-likeness (QED) is 0.816. The second-order valence-corrected chi connectivity index (χ2v) is 5.63.